The lowest BCUT2D eigenvalue weighted by Gasteiger charge is -2.39. The number of halogens is 1. The first-order valence-electron chi connectivity index (χ1n) is 13.1. The predicted molar refractivity (Wildman–Crippen MR) is 143 cm³/mol. The molecule has 6 nitrogen and oxygen atoms in total. The number of amides is 2. The third kappa shape index (κ3) is 6.06. The normalized spacial score (nSPS) is 19.8. The highest BCUT2D eigenvalue weighted by Crippen LogP contribution is 2.30. The maximum atomic E-state index is 14.0. The molecule has 2 aromatic carbocycles. The Hall–Kier alpha value is -2.93. The Labute approximate surface area is 214 Å². The van der Waals surface area contributed by atoms with Gasteiger partial charge in [-0.05, 0) is 75.3 Å². The minimum Gasteiger partial charge on any atom is -0.372 e. The van der Waals surface area contributed by atoms with Crippen molar-refractivity contribution in [3.63, 3.8) is 0 Å². The summed E-state index contributed by atoms with van der Waals surface area (Å²) in [7, 11) is 2.12. The molecule has 0 spiro atoms. The number of piperidine rings is 2. The number of anilines is 1. The molecule has 2 amide bonds. The van der Waals surface area contributed by atoms with Crippen LogP contribution in [0.3, 0.4) is 0 Å². The summed E-state index contributed by atoms with van der Waals surface area (Å²) in [4.78, 5) is 31.6. The predicted octanol–water partition coefficient (Wildman–Crippen LogP) is 4.48. The van der Waals surface area contributed by atoms with E-state index in [0.29, 0.717) is 31.1 Å². The van der Waals surface area contributed by atoms with E-state index in [9.17, 15) is 14.0 Å². The van der Waals surface area contributed by atoms with E-state index in [1.54, 1.807) is 18.7 Å². The van der Waals surface area contributed by atoms with Gasteiger partial charge in [0.25, 0.3) is 5.91 Å². The number of primary amides is 1. The van der Waals surface area contributed by atoms with Crippen molar-refractivity contribution >= 4 is 17.5 Å². The van der Waals surface area contributed by atoms with E-state index in [4.69, 9.17) is 5.73 Å². The van der Waals surface area contributed by atoms with Gasteiger partial charge in [0.05, 0.1) is 0 Å². The first kappa shape index (κ1) is 26.1. The Morgan fingerprint density at radius 1 is 1.00 bits per heavy atom. The van der Waals surface area contributed by atoms with Crippen molar-refractivity contribution in [2.45, 2.75) is 63.7 Å². The molecule has 0 saturated carbocycles. The molecule has 7 heteroatoms. The highest BCUT2D eigenvalue weighted by Gasteiger charge is 2.32. The van der Waals surface area contributed by atoms with Crippen molar-refractivity contribution in [2.24, 2.45) is 5.73 Å². The van der Waals surface area contributed by atoms with Crippen molar-refractivity contribution in [2.75, 3.05) is 38.1 Å². The average molecular weight is 495 g/mol. The van der Waals surface area contributed by atoms with Crippen LogP contribution in [0, 0.1) is 0 Å². The van der Waals surface area contributed by atoms with Crippen LogP contribution < -0.4 is 10.6 Å². The fourth-order valence-electron chi connectivity index (χ4n) is 5.63. The molecule has 0 aliphatic carbocycles. The number of alkyl halides is 1. The van der Waals surface area contributed by atoms with Gasteiger partial charge in [0.2, 0.25) is 5.91 Å². The molecule has 0 radical (unpaired) electrons. The van der Waals surface area contributed by atoms with Crippen LogP contribution in [0.2, 0.25) is 0 Å². The van der Waals surface area contributed by atoms with Crippen LogP contribution >= 0.6 is 0 Å². The average Bonchev–Trinajstić information content (AvgIpc) is 2.87. The van der Waals surface area contributed by atoms with Crippen molar-refractivity contribution < 1.29 is 14.0 Å². The molecule has 2 saturated heterocycles. The van der Waals surface area contributed by atoms with Gasteiger partial charge in [-0.25, -0.2) is 4.39 Å². The van der Waals surface area contributed by atoms with Crippen LogP contribution in [-0.2, 0) is 4.79 Å². The standard InChI is InChI=1S/C29H39FN4O2/c1-29(2,30)20-33-18-15-23(16-19-33)32(3)22-13-11-21(12-14-22)24-8-4-5-9-25(24)28(36)34-17-7-6-10-26(34)27(31)35/h4-5,8-9,11-14,23,26H,6-7,10,15-20H2,1-3H3,(H2,31,35)/t26-/m1/s1. The minimum absolute atomic E-state index is 0.140. The van der Waals surface area contributed by atoms with Gasteiger partial charge in [0, 0.05) is 50.5 Å². The molecule has 2 aromatic rings. The van der Waals surface area contributed by atoms with E-state index < -0.39 is 17.6 Å². The van der Waals surface area contributed by atoms with Gasteiger partial charge in [0.1, 0.15) is 11.7 Å². The number of benzene rings is 2. The second-order valence-electron chi connectivity index (χ2n) is 10.8. The smallest absolute Gasteiger partial charge is 0.255 e. The Morgan fingerprint density at radius 2 is 1.67 bits per heavy atom. The lowest BCUT2D eigenvalue weighted by molar-refractivity contribution is -0.123. The molecular weight excluding hydrogens is 455 g/mol. The molecule has 2 N–H and O–H groups in total. The monoisotopic (exact) mass is 494 g/mol. The first-order chi connectivity index (χ1) is 17.1. The topological polar surface area (TPSA) is 69.9 Å². The summed E-state index contributed by atoms with van der Waals surface area (Å²) in [5.41, 5.74) is 7.97. The van der Waals surface area contributed by atoms with E-state index in [2.05, 4.69) is 41.1 Å². The fourth-order valence-corrected chi connectivity index (χ4v) is 5.63. The summed E-state index contributed by atoms with van der Waals surface area (Å²) in [6.07, 6.45) is 4.41. The Kier molecular flexibility index (Phi) is 7.98. The van der Waals surface area contributed by atoms with Crippen LogP contribution in [-0.4, -0.2) is 72.6 Å². The third-order valence-electron chi connectivity index (χ3n) is 7.54. The zero-order valence-corrected chi connectivity index (χ0v) is 21.8. The van der Waals surface area contributed by atoms with Gasteiger partial charge in [-0.3, -0.25) is 9.59 Å². The van der Waals surface area contributed by atoms with Crippen LogP contribution in [0.5, 0.6) is 0 Å². The van der Waals surface area contributed by atoms with Gasteiger partial charge in [-0.15, -0.1) is 0 Å². The summed E-state index contributed by atoms with van der Waals surface area (Å²) in [5, 5.41) is 0. The van der Waals surface area contributed by atoms with Gasteiger partial charge in [-0.2, -0.15) is 0 Å². The highest BCUT2D eigenvalue weighted by atomic mass is 19.1. The molecule has 2 heterocycles. The fraction of sp³-hybridized carbons (Fsp3) is 0.517. The van der Waals surface area contributed by atoms with Gasteiger partial charge >= 0.3 is 0 Å². The molecule has 2 aliphatic heterocycles. The zero-order chi connectivity index (χ0) is 25.9. The molecular formula is C29H39FN4O2. The van der Waals surface area contributed by atoms with Crippen molar-refractivity contribution in [1.29, 1.82) is 0 Å². The molecule has 2 aliphatic rings. The molecule has 2 fully saturated rings. The number of hydrogen-bond donors (Lipinski definition) is 1. The van der Waals surface area contributed by atoms with Crippen LogP contribution in [0.4, 0.5) is 10.1 Å². The quantitative estimate of drug-likeness (QED) is 0.616. The van der Waals surface area contributed by atoms with Crippen LogP contribution in [0.1, 0.15) is 56.3 Å². The lowest BCUT2D eigenvalue weighted by atomic mass is 9.95. The highest BCUT2D eigenvalue weighted by molar-refractivity contribution is 6.02. The number of nitrogens with zero attached hydrogens (tertiary/aromatic N) is 3. The molecule has 0 unspecified atom stereocenters. The Bertz CT molecular complexity index is 1060. The summed E-state index contributed by atoms with van der Waals surface area (Å²) < 4.78 is 14.0. The number of likely N-dealkylation sites (tertiary alicyclic amines) is 2. The zero-order valence-electron chi connectivity index (χ0n) is 21.8. The van der Waals surface area contributed by atoms with Gasteiger partial charge < -0.3 is 20.4 Å². The summed E-state index contributed by atoms with van der Waals surface area (Å²) in [5.74, 6) is -0.578. The number of carbonyl (C=O) groups is 2. The Balaban J connectivity index is 1.47. The SMILES string of the molecule is CN(c1ccc(-c2ccccc2C(=O)N2CCCC[C@@H]2C(N)=O)cc1)C1CCN(CC(C)(C)F)CC1. The summed E-state index contributed by atoms with van der Waals surface area (Å²) in [6, 6.07) is 15.8. The Morgan fingerprint density at radius 3 is 2.31 bits per heavy atom. The number of nitrogens with two attached hydrogens (primary N) is 1. The molecule has 36 heavy (non-hydrogen) atoms. The minimum atomic E-state index is -1.17. The maximum absolute atomic E-state index is 14.0. The number of rotatable bonds is 7. The van der Waals surface area contributed by atoms with Gasteiger partial charge in [0.15, 0.2) is 0 Å². The van der Waals surface area contributed by atoms with E-state index in [-0.39, 0.29) is 5.91 Å². The molecule has 1 atom stereocenters. The van der Waals surface area contributed by atoms with Crippen LogP contribution in [0.25, 0.3) is 11.1 Å². The van der Waals surface area contributed by atoms with E-state index >= 15 is 0 Å². The van der Waals surface area contributed by atoms with Gasteiger partial charge in [-0.1, -0.05) is 30.3 Å². The number of carbonyl (C=O) groups excluding carboxylic acids is 2. The third-order valence-corrected chi connectivity index (χ3v) is 7.54. The van der Waals surface area contributed by atoms with Crippen molar-refractivity contribution in [1.82, 2.24) is 9.80 Å². The first-order valence-corrected chi connectivity index (χ1v) is 13.1. The second kappa shape index (κ2) is 11.0. The number of hydrogen-bond acceptors (Lipinski definition) is 4. The molecule has 194 valence electrons. The lowest BCUT2D eigenvalue weighted by Crippen LogP contribution is -2.50. The van der Waals surface area contributed by atoms with Crippen molar-refractivity contribution in [3.05, 3.63) is 54.1 Å². The molecule has 0 bridgehead atoms. The van der Waals surface area contributed by atoms with E-state index in [1.807, 2.05) is 24.3 Å². The summed E-state index contributed by atoms with van der Waals surface area (Å²) in [6.45, 7) is 6.11. The molecule has 4 rings (SSSR count). The van der Waals surface area contributed by atoms with E-state index in [0.717, 1.165) is 55.6 Å². The summed E-state index contributed by atoms with van der Waals surface area (Å²) >= 11 is 0. The van der Waals surface area contributed by atoms with E-state index in [1.165, 1.54) is 0 Å². The largest absolute Gasteiger partial charge is 0.372 e. The maximum Gasteiger partial charge on any atom is 0.255 e. The molecule has 0 aromatic heterocycles. The second-order valence-corrected chi connectivity index (χ2v) is 10.8. The van der Waals surface area contributed by atoms with Crippen molar-refractivity contribution in [3.8, 4) is 11.1 Å². The van der Waals surface area contributed by atoms with Crippen LogP contribution in [0.15, 0.2) is 48.5 Å².